The lowest BCUT2D eigenvalue weighted by atomic mass is 9.98. The van der Waals surface area contributed by atoms with Crippen molar-refractivity contribution in [1.29, 1.82) is 0 Å². The topological polar surface area (TPSA) is 93.5 Å². The van der Waals surface area contributed by atoms with Gasteiger partial charge in [-0.2, -0.15) is 0 Å². The number of nitro groups is 1. The second kappa shape index (κ2) is 8.30. The predicted molar refractivity (Wildman–Crippen MR) is 118 cm³/mol. The summed E-state index contributed by atoms with van der Waals surface area (Å²) in [5, 5.41) is 16.0. The largest absolute Gasteiger partial charge is 0.448 e. The van der Waals surface area contributed by atoms with Gasteiger partial charge in [0.05, 0.1) is 4.92 Å². The third kappa shape index (κ3) is 3.99. The predicted octanol–water partition coefficient (Wildman–Crippen LogP) is 4.83. The molecular weight excluding hydrogens is 402 g/mol. The van der Waals surface area contributed by atoms with Crippen LogP contribution in [0.5, 0.6) is 0 Å². The molecule has 0 bridgehead atoms. The molecule has 7 nitrogen and oxygen atoms in total. The first-order chi connectivity index (χ1) is 14.5. The van der Waals surface area contributed by atoms with Gasteiger partial charge in [0.1, 0.15) is 6.61 Å². The van der Waals surface area contributed by atoms with Crippen molar-refractivity contribution in [2.75, 3.05) is 11.9 Å². The molecule has 0 radical (unpaired) electrons. The second-order valence-corrected chi connectivity index (χ2v) is 7.12. The zero-order chi connectivity index (χ0) is 21.1. The molecule has 0 saturated carbocycles. The fourth-order valence-electron chi connectivity index (χ4n) is 3.56. The van der Waals surface area contributed by atoms with Crippen LogP contribution in [0.15, 0.2) is 72.8 Å². The number of benzene rings is 3. The highest BCUT2D eigenvalue weighted by atomic mass is 32.1. The Hall–Kier alpha value is -3.78. The Morgan fingerprint density at radius 3 is 2.10 bits per heavy atom. The number of carbonyl (C=O) groups excluding carboxylic acids is 1. The smallest absolute Gasteiger partial charge is 0.413 e. The molecule has 0 heterocycles. The van der Waals surface area contributed by atoms with Gasteiger partial charge < -0.3 is 10.1 Å². The van der Waals surface area contributed by atoms with E-state index in [0.29, 0.717) is 5.69 Å². The van der Waals surface area contributed by atoms with Crippen LogP contribution in [-0.2, 0) is 4.74 Å². The first kappa shape index (κ1) is 19.5. The van der Waals surface area contributed by atoms with E-state index in [4.69, 9.17) is 17.0 Å². The monoisotopic (exact) mass is 419 g/mol. The molecule has 1 aliphatic carbocycles. The highest BCUT2D eigenvalue weighted by Gasteiger charge is 2.29. The SMILES string of the molecule is O=C(NC(=S)Nc1ccc([N+](=O)[O-])cc1)OCC1c2ccccc2-c2ccccc21. The zero-order valence-electron chi connectivity index (χ0n) is 15.7. The minimum atomic E-state index is -0.670. The molecule has 3 aromatic carbocycles. The van der Waals surface area contributed by atoms with Gasteiger partial charge >= 0.3 is 6.09 Å². The van der Waals surface area contributed by atoms with E-state index in [-0.39, 0.29) is 23.3 Å². The number of ether oxygens (including phenoxy) is 1. The van der Waals surface area contributed by atoms with Crippen molar-refractivity contribution >= 4 is 34.8 Å². The van der Waals surface area contributed by atoms with Crippen LogP contribution in [0.1, 0.15) is 17.0 Å². The van der Waals surface area contributed by atoms with E-state index < -0.39 is 11.0 Å². The molecule has 3 aromatic rings. The standard InChI is InChI=1S/C22H17N3O4S/c26-22(24-21(30)23-14-9-11-15(12-10-14)25(27)28)29-13-20-18-7-3-1-5-16(18)17-6-2-4-8-19(17)20/h1-12,20H,13H2,(H2,23,24,26,30). The number of nitrogens with one attached hydrogen (secondary N) is 2. The van der Waals surface area contributed by atoms with Crippen molar-refractivity contribution in [3.63, 3.8) is 0 Å². The summed E-state index contributed by atoms with van der Waals surface area (Å²) in [6.45, 7) is 0.181. The average molecular weight is 419 g/mol. The Labute approximate surface area is 177 Å². The van der Waals surface area contributed by atoms with Crippen molar-refractivity contribution in [3.8, 4) is 11.1 Å². The molecule has 1 amide bonds. The number of thiocarbonyl (C=S) groups is 1. The molecule has 150 valence electrons. The number of rotatable bonds is 4. The summed E-state index contributed by atoms with van der Waals surface area (Å²) >= 11 is 5.11. The van der Waals surface area contributed by atoms with Gasteiger partial charge in [0.25, 0.3) is 5.69 Å². The molecule has 8 heteroatoms. The summed E-state index contributed by atoms with van der Waals surface area (Å²) in [6.07, 6.45) is -0.670. The van der Waals surface area contributed by atoms with Crippen LogP contribution in [-0.4, -0.2) is 22.7 Å². The number of amides is 1. The highest BCUT2D eigenvalue weighted by Crippen LogP contribution is 2.44. The maximum atomic E-state index is 12.2. The van der Waals surface area contributed by atoms with E-state index in [2.05, 4.69) is 22.8 Å². The van der Waals surface area contributed by atoms with Gasteiger partial charge in [0.15, 0.2) is 5.11 Å². The number of hydrogen-bond acceptors (Lipinski definition) is 5. The molecule has 0 unspecified atom stereocenters. The molecule has 0 fully saturated rings. The van der Waals surface area contributed by atoms with E-state index in [1.165, 1.54) is 24.3 Å². The minimum absolute atomic E-state index is 0.0315. The van der Waals surface area contributed by atoms with Gasteiger partial charge in [0.2, 0.25) is 0 Å². The zero-order valence-corrected chi connectivity index (χ0v) is 16.5. The van der Waals surface area contributed by atoms with E-state index >= 15 is 0 Å². The lowest BCUT2D eigenvalue weighted by Crippen LogP contribution is -2.35. The molecule has 4 rings (SSSR count). The molecule has 2 N–H and O–H groups in total. The molecule has 0 spiro atoms. The van der Waals surface area contributed by atoms with E-state index in [1.807, 2.05) is 36.4 Å². The summed E-state index contributed by atoms with van der Waals surface area (Å²) in [6, 6.07) is 21.9. The third-order valence-electron chi connectivity index (χ3n) is 4.90. The van der Waals surface area contributed by atoms with E-state index in [1.54, 1.807) is 0 Å². The van der Waals surface area contributed by atoms with Crippen LogP contribution in [0.2, 0.25) is 0 Å². The van der Waals surface area contributed by atoms with Crippen molar-refractivity contribution < 1.29 is 14.5 Å². The van der Waals surface area contributed by atoms with Crippen LogP contribution in [0.4, 0.5) is 16.2 Å². The van der Waals surface area contributed by atoms with Crippen molar-refractivity contribution in [2.45, 2.75) is 5.92 Å². The molecule has 1 aliphatic rings. The fourth-order valence-corrected chi connectivity index (χ4v) is 3.76. The van der Waals surface area contributed by atoms with Crippen LogP contribution >= 0.6 is 12.2 Å². The first-order valence-corrected chi connectivity index (χ1v) is 9.61. The maximum Gasteiger partial charge on any atom is 0.413 e. The number of hydrogen-bond donors (Lipinski definition) is 2. The van der Waals surface area contributed by atoms with Crippen LogP contribution in [0.3, 0.4) is 0 Å². The maximum absolute atomic E-state index is 12.2. The van der Waals surface area contributed by atoms with Gasteiger partial charge in [-0.3, -0.25) is 15.4 Å². The summed E-state index contributed by atoms with van der Waals surface area (Å²) in [5.41, 5.74) is 5.03. The average Bonchev–Trinajstić information content (AvgIpc) is 3.06. The lowest BCUT2D eigenvalue weighted by Gasteiger charge is -2.15. The van der Waals surface area contributed by atoms with Crippen molar-refractivity contribution in [1.82, 2.24) is 5.32 Å². The molecule has 30 heavy (non-hydrogen) atoms. The molecular formula is C22H17N3O4S. The van der Waals surface area contributed by atoms with Crippen molar-refractivity contribution in [2.24, 2.45) is 0 Å². The number of anilines is 1. The normalized spacial score (nSPS) is 11.9. The summed E-state index contributed by atoms with van der Waals surface area (Å²) in [7, 11) is 0. The van der Waals surface area contributed by atoms with Gasteiger partial charge in [-0.15, -0.1) is 0 Å². The Morgan fingerprint density at radius 1 is 0.967 bits per heavy atom. The van der Waals surface area contributed by atoms with Gasteiger partial charge in [-0.25, -0.2) is 4.79 Å². The second-order valence-electron chi connectivity index (χ2n) is 6.71. The van der Waals surface area contributed by atoms with E-state index in [9.17, 15) is 14.9 Å². The number of non-ortho nitro benzene ring substituents is 1. The van der Waals surface area contributed by atoms with Gasteiger partial charge in [0, 0.05) is 23.7 Å². The molecule has 0 atom stereocenters. The Morgan fingerprint density at radius 2 is 1.53 bits per heavy atom. The Balaban J connectivity index is 1.36. The van der Waals surface area contributed by atoms with Crippen LogP contribution in [0.25, 0.3) is 11.1 Å². The lowest BCUT2D eigenvalue weighted by molar-refractivity contribution is -0.384. The first-order valence-electron chi connectivity index (χ1n) is 9.20. The molecule has 0 aromatic heterocycles. The quantitative estimate of drug-likeness (QED) is 0.357. The third-order valence-corrected chi connectivity index (χ3v) is 5.10. The molecule has 0 saturated heterocycles. The number of nitrogens with zero attached hydrogens (tertiary/aromatic N) is 1. The summed E-state index contributed by atoms with van der Waals surface area (Å²) in [4.78, 5) is 22.4. The van der Waals surface area contributed by atoms with Crippen LogP contribution in [0, 0.1) is 10.1 Å². The summed E-state index contributed by atoms with van der Waals surface area (Å²) < 4.78 is 5.43. The number of carbonyl (C=O) groups is 1. The van der Waals surface area contributed by atoms with Crippen LogP contribution < -0.4 is 10.6 Å². The molecule has 0 aliphatic heterocycles. The number of nitro benzene ring substituents is 1. The Kier molecular flexibility index (Phi) is 5.40. The van der Waals surface area contributed by atoms with Gasteiger partial charge in [-0.05, 0) is 46.6 Å². The minimum Gasteiger partial charge on any atom is -0.448 e. The van der Waals surface area contributed by atoms with E-state index in [0.717, 1.165) is 22.3 Å². The fraction of sp³-hybridized carbons (Fsp3) is 0.0909. The number of fused-ring (bicyclic) bond motifs is 3. The summed E-state index contributed by atoms with van der Waals surface area (Å²) in [5.74, 6) is -0.0423. The highest BCUT2D eigenvalue weighted by molar-refractivity contribution is 7.80. The van der Waals surface area contributed by atoms with Crippen molar-refractivity contribution in [3.05, 3.63) is 94.0 Å². The number of alkyl carbamates (subject to hydrolysis) is 1. The van der Waals surface area contributed by atoms with Gasteiger partial charge in [-0.1, -0.05) is 48.5 Å². The Bertz CT molecular complexity index is 1090.